The van der Waals surface area contributed by atoms with E-state index in [4.69, 9.17) is 4.74 Å². The summed E-state index contributed by atoms with van der Waals surface area (Å²) in [5.74, 6) is -1.92. The Bertz CT molecular complexity index is 1030. The van der Waals surface area contributed by atoms with Gasteiger partial charge >= 0.3 is 5.97 Å². The highest BCUT2D eigenvalue weighted by Crippen LogP contribution is 2.23. The molecule has 2 aliphatic rings. The SMILES string of the molecule is CC(C)[C@@H]1OC(=O)[C@H](C)[C@H](C)CCCCc2cccc(c2)[C@@H](C)NC(=O)[C@@H]2CCCN(N2)C(=O)[C@H](C)NC1=O. The van der Waals surface area contributed by atoms with E-state index in [1.807, 2.05) is 46.8 Å². The van der Waals surface area contributed by atoms with Crippen LogP contribution in [0.15, 0.2) is 24.3 Å². The molecule has 216 valence electrons. The van der Waals surface area contributed by atoms with Crippen molar-refractivity contribution >= 4 is 23.7 Å². The van der Waals surface area contributed by atoms with Crippen LogP contribution in [0.2, 0.25) is 0 Å². The highest BCUT2D eigenvalue weighted by molar-refractivity contribution is 5.90. The average molecular weight is 543 g/mol. The van der Waals surface area contributed by atoms with Gasteiger partial charge in [-0.05, 0) is 68.9 Å². The fraction of sp³-hybridized carbons (Fsp3) is 0.667. The van der Waals surface area contributed by atoms with Gasteiger partial charge in [0.25, 0.3) is 11.8 Å². The van der Waals surface area contributed by atoms with Crippen molar-refractivity contribution in [3.05, 3.63) is 35.4 Å². The molecule has 3 rings (SSSR count). The minimum absolute atomic E-state index is 0.103. The number of cyclic esters (lactones) is 1. The molecular weight excluding hydrogens is 496 g/mol. The minimum atomic E-state index is -0.998. The molecule has 1 aromatic rings. The molecule has 0 radical (unpaired) electrons. The number of hydrazine groups is 1. The zero-order valence-corrected chi connectivity index (χ0v) is 24.3. The number of rotatable bonds is 1. The number of nitrogens with one attached hydrogen (secondary N) is 3. The zero-order chi connectivity index (χ0) is 28.7. The summed E-state index contributed by atoms with van der Waals surface area (Å²) in [7, 11) is 0. The van der Waals surface area contributed by atoms with E-state index in [0.29, 0.717) is 19.4 Å². The largest absolute Gasteiger partial charge is 0.452 e. The molecule has 1 saturated heterocycles. The van der Waals surface area contributed by atoms with Crippen LogP contribution in [-0.2, 0) is 30.3 Å². The first-order valence-corrected chi connectivity index (χ1v) is 14.5. The molecular formula is C30H46N4O5. The first-order valence-electron chi connectivity index (χ1n) is 14.5. The van der Waals surface area contributed by atoms with Gasteiger partial charge in [0, 0.05) is 6.54 Å². The van der Waals surface area contributed by atoms with Crippen LogP contribution in [0.4, 0.5) is 0 Å². The molecule has 9 nitrogen and oxygen atoms in total. The molecule has 0 spiro atoms. The second-order valence-electron chi connectivity index (χ2n) is 11.6. The number of fused-ring (bicyclic) bond motifs is 4. The van der Waals surface area contributed by atoms with Crippen molar-refractivity contribution in [1.82, 2.24) is 21.1 Å². The van der Waals surface area contributed by atoms with Crippen LogP contribution >= 0.6 is 0 Å². The van der Waals surface area contributed by atoms with Gasteiger partial charge in [-0.2, -0.15) is 0 Å². The fourth-order valence-electron chi connectivity index (χ4n) is 5.14. The van der Waals surface area contributed by atoms with E-state index in [0.717, 1.165) is 31.2 Å². The van der Waals surface area contributed by atoms with Crippen LogP contribution in [0.1, 0.15) is 90.8 Å². The minimum Gasteiger partial charge on any atom is -0.452 e. The topological polar surface area (TPSA) is 117 Å². The Morgan fingerprint density at radius 3 is 2.33 bits per heavy atom. The van der Waals surface area contributed by atoms with Crippen LogP contribution in [-0.4, -0.2) is 53.4 Å². The number of carbonyl (C=O) groups is 4. The van der Waals surface area contributed by atoms with Crippen molar-refractivity contribution in [3.8, 4) is 0 Å². The van der Waals surface area contributed by atoms with Crippen molar-refractivity contribution in [3.63, 3.8) is 0 Å². The number of esters is 1. The number of hydrogen-bond donors (Lipinski definition) is 3. The lowest BCUT2D eigenvalue weighted by atomic mass is 9.90. The predicted molar refractivity (Wildman–Crippen MR) is 149 cm³/mol. The van der Waals surface area contributed by atoms with E-state index in [1.54, 1.807) is 6.92 Å². The molecule has 1 fully saturated rings. The van der Waals surface area contributed by atoms with Gasteiger partial charge in [0.1, 0.15) is 12.1 Å². The third kappa shape index (κ3) is 8.27. The summed E-state index contributed by atoms with van der Waals surface area (Å²) in [4.78, 5) is 52.3. The van der Waals surface area contributed by atoms with Gasteiger partial charge in [0.15, 0.2) is 6.10 Å². The second kappa shape index (κ2) is 13.9. The van der Waals surface area contributed by atoms with Crippen molar-refractivity contribution in [2.45, 2.75) is 104 Å². The highest BCUT2D eigenvalue weighted by atomic mass is 16.5. The molecule has 1 aromatic carbocycles. The Balaban J connectivity index is 1.82. The summed E-state index contributed by atoms with van der Waals surface area (Å²) < 4.78 is 5.69. The van der Waals surface area contributed by atoms with Gasteiger partial charge in [-0.3, -0.25) is 24.2 Å². The number of nitrogens with zero attached hydrogens (tertiary/aromatic N) is 1. The number of carbonyl (C=O) groups excluding carboxylic acids is 4. The Morgan fingerprint density at radius 1 is 0.897 bits per heavy atom. The normalized spacial score (nSPS) is 30.5. The van der Waals surface area contributed by atoms with Crippen molar-refractivity contribution in [2.75, 3.05) is 6.54 Å². The number of ether oxygens (including phenoxy) is 1. The van der Waals surface area contributed by atoms with E-state index >= 15 is 0 Å². The molecule has 0 saturated carbocycles. The lowest BCUT2D eigenvalue weighted by molar-refractivity contribution is -0.164. The van der Waals surface area contributed by atoms with Gasteiger partial charge in [-0.15, -0.1) is 0 Å². The smallest absolute Gasteiger partial charge is 0.309 e. The second-order valence-corrected chi connectivity index (χ2v) is 11.6. The lowest BCUT2D eigenvalue weighted by Gasteiger charge is -2.35. The van der Waals surface area contributed by atoms with Gasteiger partial charge in [-0.1, -0.05) is 58.4 Å². The predicted octanol–water partition coefficient (Wildman–Crippen LogP) is 3.43. The summed E-state index contributed by atoms with van der Waals surface area (Å²) in [6.45, 7) is 11.5. The fourth-order valence-corrected chi connectivity index (χ4v) is 5.14. The summed E-state index contributed by atoms with van der Waals surface area (Å²) in [5, 5.41) is 7.23. The zero-order valence-electron chi connectivity index (χ0n) is 24.3. The molecule has 2 aliphatic heterocycles. The third-order valence-corrected chi connectivity index (χ3v) is 8.01. The number of hydrogen-bond acceptors (Lipinski definition) is 6. The number of benzene rings is 1. The van der Waals surface area contributed by atoms with Crippen LogP contribution in [0.25, 0.3) is 0 Å². The first kappa shape index (κ1) is 30.6. The quantitative estimate of drug-likeness (QED) is 0.468. The van der Waals surface area contributed by atoms with Crippen LogP contribution < -0.4 is 16.1 Å². The molecule has 39 heavy (non-hydrogen) atoms. The maximum Gasteiger partial charge on any atom is 0.309 e. The molecule has 4 bridgehead atoms. The Morgan fingerprint density at radius 2 is 1.62 bits per heavy atom. The van der Waals surface area contributed by atoms with E-state index in [-0.39, 0.29) is 35.6 Å². The monoisotopic (exact) mass is 542 g/mol. The maximum atomic E-state index is 13.2. The highest BCUT2D eigenvalue weighted by Gasteiger charge is 2.35. The summed E-state index contributed by atoms with van der Waals surface area (Å²) in [5.41, 5.74) is 5.30. The van der Waals surface area contributed by atoms with Crippen LogP contribution in [0.5, 0.6) is 0 Å². The lowest BCUT2D eigenvalue weighted by Crippen LogP contribution is -2.61. The van der Waals surface area contributed by atoms with Crippen molar-refractivity contribution < 1.29 is 23.9 Å². The first-order chi connectivity index (χ1) is 18.5. The van der Waals surface area contributed by atoms with Crippen molar-refractivity contribution in [2.24, 2.45) is 17.8 Å². The summed E-state index contributed by atoms with van der Waals surface area (Å²) >= 11 is 0. The van der Waals surface area contributed by atoms with E-state index in [2.05, 4.69) is 28.2 Å². The Hall–Kier alpha value is -2.94. The van der Waals surface area contributed by atoms with Gasteiger partial charge in [0.2, 0.25) is 5.91 Å². The summed E-state index contributed by atoms with van der Waals surface area (Å²) in [6.07, 6.45) is 4.00. The Labute approximate surface area is 232 Å². The van der Waals surface area contributed by atoms with Crippen molar-refractivity contribution in [1.29, 1.82) is 0 Å². The standard InChI is InChI=1S/C30H46N4O5/c1-18(2)26-28(36)32-22(6)29(37)34-16-10-15-25(33-34)27(35)31-21(5)24-14-9-13-23(17-24)12-8-7-11-19(3)20(4)30(38)39-26/h9,13-14,17-22,25-26,33H,7-8,10-12,15-16H2,1-6H3,(H,31,35)(H,32,36)/t19-,20-,21-,22+,25+,26+/m1/s1. The molecule has 2 heterocycles. The number of amides is 3. The maximum absolute atomic E-state index is 13.2. The summed E-state index contributed by atoms with van der Waals surface area (Å²) in [6, 6.07) is 6.69. The van der Waals surface area contributed by atoms with Gasteiger partial charge in [-0.25, -0.2) is 5.43 Å². The van der Waals surface area contributed by atoms with E-state index in [9.17, 15) is 19.2 Å². The molecule has 3 N–H and O–H groups in total. The number of aryl methyl sites for hydroxylation is 1. The third-order valence-electron chi connectivity index (χ3n) is 8.01. The molecule has 9 heteroatoms. The van der Waals surface area contributed by atoms with Gasteiger partial charge < -0.3 is 15.4 Å². The molecule has 3 amide bonds. The van der Waals surface area contributed by atoms with Crippen LogP contribution in [0.3, 0.4) is 0 Å². The van der Waals surface area contributed by atoms with E-state index in [1.165, 1.54) is 10.6 Å². The average Bonchev–Trinajstić information content (AvgIpc) is 2.92. The Kier molecular flexibility index (Phi) is 10.9. The molecule has 0 aromatic heterocycles. The molecule has 0 aliphatic carbocycles. The van der Waals surface area contributed by atoms with E-state index < -0.39 is 30.1 Å². The van der Waals surface area contributed by atoms with Gasteiger partial charge in [0.05, 0.1) is 12.0 Å². The van der Waals surface area contributed by atoms with Crippen LogP contribution in [0, 0.1) is 17.8 Å². The molecule has 0 unspecified atom stereocenters. The molecule has 6 atom stereocenters.